The summed E-state index contributed by atoms with van der Waals surface area (Å²) in [4.78, 5) is 29.7. The molecule has 1 aromatic heterocycles. The normalized spacial score (nSPS) is 19.7. The molecule has 3 N–H and O–H groups in total. The van der Waals surface area contributed by atoms with Crippen molar-refractivity contribution in [3.8, 4) is 0 Å². The number of sulfonamides is 1. The van der Waals surface area contributed by atoms with Crippen LogP contribution in [0.15, 0.2) is 6.07 Å². The van der Waals surface area contributed by atoms with Crippen LogP contribution in [0.4, 0.5) is 5.82 Å². The van der Waals surface area contributed by atoms with E-state index in [1.807, 2.05) is 13.8 Å². The van der Waals surface area contributed by atoms with Crippen LogP contribution in [0.1, 0.15) is 75.0 Å². The van der Waals surface area contributed by atoms with Crippen molar-refractivity contribution in [1.29, 1.82) is 0 Å². The number of hydrogen-bond acceptors (Lipinski definition) is 5. The Balaban J connectivity index is 2.04. The SMILES string of the molecule is Cc1cc(C(=O)NC(C)C)c(C)c(NC(=O)C2CCC(NS(=O)(=O)C(C)C)CC2)n1. The van der Waals surface area contributed by atoms with E-state index in [2.05, 4.69) is 20.3 Å². The van der Waals surface area contributed by atoms with E-state index in [0.717, 1.165) is 0 Å². The molecule has 0 spiro atoms. The van der Waals surface area contributed by atoms with Crippen molar-refractivity contribution in [3.05, 3.63) is 22.9 Å². The quantitative estimate of drug-likeness (QED) is 0.605. The van der Waals surface area contributed by atoms with Gasteiger partial charge < -0.3 is 10.6 Å². The van der Waals surface area contributed by atoms with Crippen molar-refractivity contribution in [2.45, 2.75) is 84.6 Å². The maximum atomic E-state index is 12.8. The van der Waals surface area contributed by atoms with Gasteiger partial charge in [-0.2, -0.15) is 0 Å². The van der Waals surface area contributed by atoms with Gasteiger partial charge in [-0.3, -0.25) is 9.59 Å². The number of aryl methyl sites for hydroxylation is 1. The second-order valence-electron chi connectivity index (χ2n) is 8.66. The van der Waals surface area contributed by atoms with Crippen molar-refractivity contribution < 1.29 is 18.0 Å². The van der Waals surface area contributed by atoms with Gasteiger partial charge in [-0.25, -0.2) is 18.1 Å². The number of rotatable bonds is 7. The fraction of sp³-hybridized carbons (Fsp3) is 0.667. The van der Waals surface area contributed by atoms with Gasteiger partial charge in [0.05, 0.1) is 5.25 Å². The number of nitrogens with one attached hydrogen (secondary N) is 3. The summed E-state index contributed by atoms with van der Waals surface area (Å²) in [6, 6.07) is 1.59. The molecule has 2 amide bonds. The van der Waals surface area contributed by atoms with E-state index in [1.165, 1.54) is 0 Å². The van der Waals surface area contributed by atoms with Gasteiger partial charge in [-0.1, -0.05) is 0 Å². The minimum absolute atomic E-state index is 0.00622. The largest absolute Gasteiger partial charge is 0.350 e. The van der Waals surface area contributed by atoms with Crippen LogP contribution in [-0.2, 0) is 14.8 Å². The molecular formula is C21H34N4O4S. The van der Waals surface area contributed by atoms with E-state index in [1.54, 1.807) is 33.8 Å². The topological polar surface area (TPSA) is 117 Å². The van der Waals surface area contributed by atoms with Crippen molar-refractivity contribution in [3.63, 3.8) is 0 Å². The van der Waals surface area contributed by atoms with E-state index < -0.39 is 15.3 Å². The summed E-state index contributed by atoms with van der Waals surface area (Å²) in [6.07, 6.45) is 2.43. The minimum Gasteiger partial charge on any atom is -0.350 e. The molecule has 1 aliphatic carbocycles. The molecule has 0 aliphatic heterocycles. The maximum Gasteiger partial charge on any atom is 0.251 e. The van der Waals surface area contributed by atoms with Gasteiger partial charge in [-0.15, -0.1) is 0 Å². The molecule has 168 valence electrons. The van der Waals surface area contributed by atoms with Crippen molar-refractivity contribution in [2.24, 2.45) is 5.92 Å². The first-order valence-electron chi connectivity index (χ1n) is 10.5. The highest BCUT2D eigenvalue weighted by atomic mass is 32.2. The summed E-state index contributed by atoms with van der Waals surface area (Å²) < 4.78 is 26.8. The zero-order chi connectivity index (χ0) is 22.6. The van der Waals surface area contributed by atoms with Crippen LogP contribution in [0.3, 0.4) is 0 Å². The molecule has 1 aliphatic rings. The van der Waals surface area contributed by atoms with E-state index in [4.69, 9.17) is 0 Å². The first-order chi connectivity index (χ1) is 13.9. The molecule has 1 heterocycles. The summed E-state index contributed by atoms with van der Waals surface area (Å²) in [6.45, 7) is 10.6. The molecule has 8 nitrogen and oxygen atoms in total. The third kappa shape index (κ3) is 6.25. The molecule has 0 radical (unpaired) electrons. The molecule has 30 heavy (non-hydrogen) atoms. The zero-order valence-electron chi connectivity index (χ0n) is 18.7. The third-order valence-corrected chi connectivity index (χ3v) is 7.26. The van der Waals surface area contributed by atoms with Gasteiger partial charge in [0, 0.05) is 34.8 Å². The number of hydrogen-bond donors (Lipinski definition) is 3. The van der Waals surface area contributed by atoms with Gasteiger partial charge in [-0.05, 0) is 73.3 Å². The summed E-state index contributed by atoms with van der Waals surface area (Å²) >= 11 is 0. The lowest BCUT2D eigenvalue weighted by molar-refractivity contribution is -0.120. The van der Waals surface area contributed by atoms with Gasteiger partial charge >= 0.3 is 0 Å². The molecule has 0 bridgehead atoms. The highest BCUT2D eigenvalue weighted by Gasteiger charge is 2.30. The predicted octanol–water partition coefficient (Wildman–Crippen LogP) is 2.66. The molecule has 0 atom stereocenters. The van der Waals surface area contributed by atoms with Gasteiger partial charge in [0.25, 0.3) is 5.91 Å². The van der Waals surface area contributed by atoms with Crippen molar-refractivity contribution >= 4 is 27.7 Å². The first kappa shape index (κ1) is 24.3. The zero-order valence-corrected chi connectivity index (χ0v) is 19.5. The molecular weight excluding hydrogens is 404 g/mol. The Morgan fingerprint density at radius 3 is 2.20 bits per heavy atom. The lowest BCUT2D eigenvalue weighted by Crippen LogP contribution is -2.42. The number of carbonyl (C=O) groups is 2. The van der Waals surface area contributed by atoms with Gasteiger partial charge in [0.15, 0.2) is 0 Å². The van der Waals surface area contributed by atoms with Crippen LogP contribution >= 0.6 is 0 Å². The number of anilines is 1. The summed E-state index contributed by atoms with van der Waals surface area (Å²) in [5.74, 6) is -0.144. The Bertz CT molecular complexity index is 889. The number of aromatic nitrogens is 1. The molecule has 0 unspecified atom stereocenters. The van der Waals surface area contributed by atoms with Crippen LogP contribution in [0.2, 0.25) is 0 Å². The molecule has 1 fully saturated rings. The second kappa shape index (κ2) is 9.87. The molecule has 2 rings (SSSR count). The second-order valence-corrected chi connectivity index (χ2v) is 10.9. The molecule has 9 heteroatoms. The van der Waals surface area contributed by atoms with E-state index in [-0.39, 0.29) is 29.8 Å². The fourth-order valence-electron chi connectivity index (χ4n) is 3.50. The van der Waals surface area contributed by atoms with E-state index in [0.29, 0.717) is 48.3 Å². The monoisotopic (exact) mass is 438 g/mol. The highest BCUT2D eigenvalue weighted by Crippen LogP contribution is 2.27. The first-order valence-corrected chi connectivity index (χ1v) is 12.1. The summed E-state index contributed by atoms with van der Waals surface area (Å²) in [7, 11) is -3.31. The summed E-state index contributed by atoms with van der Waals surface area (Å²) in [5.41, 5.74) is 1.78. The maximum absolute atomic E-state index is 12.8. The Kier molecular flexibility index (Phi) is 7.99. The highest BCUT2D eigenvalue weighted by molar-refractivity contribution is 7.90. The molecule has 0 saturated heterocycles. The standard InChI is InChI=1S/C21H34N4O4S/c1-12(2)22-21(27)18-11-14(5)23-19(15(18)6)24-20(26)16-7-9-17(10-8-16)25-30(28,29)13(3)4/h11-13,16-17,25H,7-10H2,1-6H3,(H,22,27)(H,23,24,26). The molecule has 1 aromatic rings. The Morgan fingerprint density at radius 1 is 1.07 bits per heavy atom. The van der Waals surface area contributed by atoms with E-state index >= 15 is 0 Å². The Hall–Kier alpha value is -2.00. The molecule has 1 saturated carbocycles. The lowest BCUT2D eigenvalue weighted by Gasteiger charge is -2.29. The lowest BCUT2D eigenvalue weighted by atomic mass is 9.86. The fourth-order valence-corrected chi connectivity index (χ4v) is 4.47. The number of amides is 2. The smallest absolute Gasteiger partial charge is 0.251 e. The van der Waals surface area contributed by atoms with Crippen LogP contribution in [0, 0.1) is 19.8 Å². The minimum atomic E-state index is -3.31. The average Bonchev–Trinajstić information content (AvgIpc) is 2.63. The Morgan fingerprint density at radius 2 is 1.67 bits per heavy atom. The van der Waals surface area contributed by atoms with Crippen LogP contribution in [-0.4, -0.2) is 42.5 Å². The predicted molar refractivity (Wildman–Crippen MR) is 118 cm³/mol. The number of pyridine rings is 1. The number of carbonyl (C=O) groups excluding carboxylic acids is 2. The average molecular weight is 439 g/mol. The van der Waals surface area contributed by atoms with Crippen LogP contribution in [0.25, 0.3) is 0 Å². The summed E-state index contributed by atoms with van der Waals surface area (Å²) in [5, 5.41) is 5.27. The number of nitrogens with zero attached hydrogens (tertiary/aromatic N) is 1. The van der Waals surface area contributed by atoms with Gasteiger partial charge in [0.2, 0.25) is 15.9 Å². The van der Waals surface area contributed by atoms with Gasteiger partial charge in [0.1, 0.15) is 5.82 Å². The van der Waals surface area contributed by atoms with Crippen LogP contribution in [0.5, 0.6) is 0 Å². The van der Waals surface area contributed by atoms with Crippen molar-refractivity contribution in [2.75, 3.05) is 5.32 Å². The van der Waals surface area contributed by atoms with E-state index in [9.17, 15) is 18.0 Å². The third-order valence-electron chi connectivity index (χ3n) is 5.36. The van der Waals surface area contributed by atoms with Crippen LogP contribution < -0.4 is 15.4 Å². The molecule has 0 aromatic carbocycles. The Labute approximate surface area is 179 Å². The van der Waals surface area contributed by atoms with Crippen molar-refractivity contribution in [1.82, 2.24) is 15.0 Å².